The zero-order valence-corrected chi connectivity index (χ0v) is 14.4. The van der Waals surface area contributed by atoms with E-state index in [4.69, 9.17) is 4.74 Å². The molecule has 0 aromatic carbocycles. The number of ketones is 1. The van der Waals surface area contributed by atoms with Crippen molar-refractivity contribution in [1.82, 2.24) is 14.9 Å². The fraction of sp³-hybridized carbons (Fsp3) is 0.500. The summed E-state index contributed by atoms with van der Waals surface area (Å²) < 4.78 is 5.95. The standard InChI is InChI=1S/C18H20N4O3/c1-17(2)11-18(9-13(10-19)16(17)24)12-22(6-7-25-18)15(23)8-14-20-4-3-5-21-14/h3-5,9H,6-8,11-12H2,1-2H3. The predicted molar refractivity (Wildman–Crippen MR) is 88.1 cm³/mol. The van der Waals surface area contributed by atoms with Gasteiger partial charge in [0.2, 0.25) is 5.91 Å². The number of nitrogens with zero attached hydrogens (tertiary/aromatic N) is 4. The van der Waals surface area contributed by atoms with Crippen LogP contribution in [0.3, 0.4) is 0 Å². The van der Waals surface area contributed by atoms with Crippen LogP contribution in [0.1, 0.15) is 26.1 Å². The Morgan fingerprint density at radius 2 is 2.12 bits per heavy atom. The molecule has 25 heavy (non-hydrogen) atoms. The average molecular weight is 340 g/mol. The predicted octanol–water partition coefficient (Wildman–Crippen LogP) is 1.07. The zero-order chi connectivity index (χ0) is 18.1. The van der Waals surface area contributed by atoms with Gasteiger partial charge in [0.15, 0.2) is 5.78 Å². The number of hydrogen-bond acceptors (Lipinski definition) is 6. The highest BCUT2D eigenvalue weighted by Crippen LogP contribution is 2.41. The van der Waals surface area contributed by atoms with Crippen molar-refractivity contribution in [3.8, 4) is 6.07 Å². The Hall–Kier alpha value is -2.59. The Kier molecular flexibility index (Phi) is 4.39. The molecular weight excluding hydrogens is 320 g/mol. The number of carbonyl (C=O) groups is 2. The second-order valence-corrected chi connectivity index (χ2v) is 7.13. The van der Waals surface area contributed by atoms with Crippen molar-refractivity contribution in [2.75, 3.05) is 19.7 Å². The van der Waals surface area contributed by atoms with Crippen molar-refractivity contribution in [3.05, 3.63) is 35.9 Å². The van der Waals surface area contributed by atoms with Gasteiger partial charge in [-0.3, -0.25) is 9.59 Å². The Bertz CT molecular complexity index is 766. The maximum Gasteiger partial charge on any atom is 0.230 e. The van der Waals surface area contributed by atoms with Gasteiger partial charge < -0.3 is 9.64 Å². The summed E-state index contributed by atoms with van der Waals surface area (Å²) in [6.07, 6.45) is 5.37. The van der Waals surface area contributed by atoms with Crippen molar-refractivity contribution < 1.29 is 14.3 Å². The largest absolute Gasteiger partial charge is 0.367 e. The van der Waals surface area contributed by atoms with Gasteiger partial charge in [0.05, 0.1) is 25.1 Å². The lowest BCUT2D eigenvalue weighted by atomic mass is 9.69. The molecule has 3 rings (SSSR count). The normalized spacial score (nSPS) is 25.4. The van der Waals surface area contributed by atoms with Crippen LogP contribution in [0.25, 0.3) is 0 Å². The molecule has 7 heteroatoms. The Morgan fingerprint density at radius 1 is 1.40 bits per heavy atom. The molecule has 0 radical (unpaired) electrons. The molecule has 1 aromatic rings. The molecule has 0 saturated carbocycles. The van der Waals surface area contributed by atoms with E-state index < -0.39 is 11.0 Å². The molecule has 1 aliphatic heterocycles. The summed E-state index contributed by atoms with van der Waals surface area (Å²) in [5.74, 6) is 0.210. The Morgan fingerprint density at radius 3 is 2.80 bits per heavy atom. The van der Waals surface area contributed by atoms with E-state index in [-0.39, 0.29) is 23.7 Å². The number of allylic oxidation sites excluding steroid dienone is 1. The molecule has 0 bridgehead atoms. The second kappa shape index (κ2) is 6.37. The molecule has 1 spiro atoms. The molecule has 1 fully saturated rings. The number of nitriles is 1. The summed E-state index contributed by atoms with van der Waals surface area (Å²) in [5, 5.41) is 9.29. The average Bonchev–Trinajstić information content (AvgIpc) is 2.59. The van der Waals surface area contributed by atoms with Gasteiger partial charge in [0.25, 0.3) is 0 Å². The summed E-state index contributed by atoms with van der Waals surface area (Å²) in [6, 6.07) is 3.67. The fourth-order valence-corrected chi connectivity index (χ4v) is 3.54. The van der Waals surface area contributed by atoms with Crippen LogP contribution >= 0.6 is 0 Å². The summed E-state index contributed by atoms with van der Waals surface area (Å²) >= 11 is 0. The SMILES string of the molecule is CC1(C)CC2(C=C(C#N)C1=O)CN(C(=O)Cc1ncccn1)CCO2. The van der Waals surface area contributed by atoms with Crippen molar-refractivity contribution in [1.29, 1.82) is 5.26 Å². The van der Waals surface area contributed by atoms with Crippen molar-refractivity contribution in [2.45, 2.75) is 32.3 Å². The smallest absolute Gasteiger partial charge is 0.230 e. The summed E-state index contributed by atoms with van der Waals surface area (Å²) in [6.45, 7) is 4.77. The van der Waals surface area contributed by atoms with E-state index in [9.17, 15) is 14.9 Å². The monoisotopic (exact) mass is 340 g/mol. The highest BCUT2D eigenvalue weighted by molar-refractivity contribution is 6.04. The summed E-state index contributed by atoms with van der Waals surface area (Å²) in [4.78, 5) is 34.8. The molecule has 2 aliphatic rings. The number of ether oxygens (including phenoxy) is 1. The third kappa shape index (κ3) is 3.44. The van der Waals surface area contributed by atoms with E-state index in [1.165, 1.54) is 0 Å². The van der Waals surface area contributed by atoms with Gasteiger partial charge in [-0.2, -0.15) is 5.26 Å². The first-order valence-corrected chi connectivity index (χ1v) is 8.21. The van der Waals surface area contributed by atoms with Crippen LogP contribution in [0.2, 0.25) is 0 Å². The molecule has 7 nitrogen and oxygen atoms in total. The maximum atomic E-state index is 12.6. The minimum Gasteiger partial charge on any atom is -0.367 e. The lowest BCUT2D eigenvalue weighted by Gasteiger charge is -2.46. The molecule has 0 N–H and O–H groups in total. The molecule has 1 unspecified atom stereocenters. The van der Waals surface area contributed by atoms with Crippen LogP contribution in [0.5, 0.6) is 0 Å². The minimum atomic E-state index is -0.798. The van der Waals surface area contributed by atoms with Gasteiger partial charge >= 0.3 is 0 Å². The molecule has 1 aromatic heterocycles. The molecule has 1 aliphatic carbocycles. The first kappa shape index (κ1) is 17.2. The number of morpholine rings is 1. The van der Waals surface area contributed by atoms with Gasteiger partial charge in [-0.25, -0.2) is 9.97 Å². The topological polar surface area (TPSA) is 96.2 Å². The lowest BCUT2D eigenvalue weighted by molar-refractivity contribution is -0.151. The summed E-state index contributed by atoms with van der Waals surface area (Å²) in [7, 11) is 0. The molecule has 1 amide bonds. The maximum absolute atomic E-state index is 12.6. The van der Waals surface area contributed by atoms with E-state index in [1.807, 2.05) is 19.9 Å². The van der Waals surface area contributed by atoms with Crippen LogP contribution in [-0.4, -0.2) is 51.9 Å². The number of rotatable bonds is 2. The van der Waals surface area contributed by atoms with Gasteiger partial charge in [0.1, 0.15) is 17.5 Å². The number of aromatic nitrogens is 2. The van der Waals surface area contributed by atoms with Crippen LogP contribution < -0.4 is 0 Å². The third-order valence-corrected chi connectivity index (χ3v) is 4.62. The molecule has 130 valence electrons. The summed E-state index contributed by atoms with van der Waals surface area (Å²) in [5.41, 5.74) is -1.39. The first-order valence-electron chi connectivity index (χ1n) is 8.21. The third-order valence-electron chi connectivity index (χ3n) is 4.62. The van der Waals surface area contributed by atoms with Gasteiger partial charge in [0, 0.05) is 24.4 Å². The number of amides is 1. The van der Waals surface area contributed by atoms with E-state index in [2.05, 4.69) is 9.97 Å². The molecule has 1 saturated heterocycles. The highest BCUT2D eigenvalue weighted by atomic mass is 16.5. The first-order chi connectivity index (χ1) is 11.9. The molecular formula is C18H20N4O3. The van der Waals surface area contributed by atoms with Crippen molar-refractivity contribution >= 4 is 11.7 Å². The quantitative estimate of drug-likeness (QED) is 0.799. The van der Waals surface area contributed by atoms with Crippen LogP contribution in [0, 0.1) is 16.7 Å². The van der Waals surface area contributed by atoms with Crippen molar-refractivity contribution in [2.24, 2.45) is 5.41 Å². The van der Waals surface area contributed by atoms with Gasteiger partial charge in [-0.1, -0.05) is 13.8 Å². The van der Waals surface area contributed by atoms with E-state index >= 15 is 0 Å². The number of carbonyl (C=O) groups excluding carboxylic acids is 2. The van der Waals surface area contributed by atoms with E-state index in [0.717, 1.165) is 0 Å². The van der Waals surface area contributed by atoms with E-state index in [1.54, 1.807) is 29.4 Å². The highest BCUT2D eigenvalue weighted by Gasteiger charge is 2.48. The Balaban J connectivity index is 1.81. The molecule has 1 atom stereocenters. The minimum absolute atomic E-state index is 0.0875. The van der Waals surface area contributed by atoms with E-state index in [0.29, 0.717) is 31.9 Å². The fourth-order valence-electron chi connectivity index (χ4n) is 3.54. The van der Waals surface area contributed by atoms with Crippen molar-refractivity contribution in [3.63, 3.8) is 0 Å². The molecule has 2 heterocycles. The Labute approximate surface area is 146 Å². The number of Topliss-reactive ketones (excluding diaryl/α,β-unsaturated/α-hetero) is 1. The van der Waals surface area contributed by atoms with Gasteiger partial charge in [-0.15, -0.1) is 0 Å². The van der Waals surface area contributed by atoms with Crippen LogP contribution in [0.4, 0.5) is 0 Å². The zero-order valence-electron chi connectivity index (χ0n) is 14.4. The lowest BCUT2D eigenvalue weighted by Crippen LogP contribution is -2.57. The van der Waals surface area contributed by atoms with Gasteiger partial charge in [-0.05, 0) is 18.6 Å². The van der Waals surface area contributed by atoms with Crippen LogP contribution in [-0.2, 0) is 20.7 Å². The van der Waals surface area contributed by atoms with Crippen LogP contribution in [0.15, 0.2) is 30.1 Å². The second-order valence-electron chi connectivity index (χ2n) is 7.13. The number of hydrogen-bond donors (Lipinski definition) is 0.